The fraction of sp³-hybridized carbons (Fsp3) is 0.0714. The second-order valence-corrected chi connectivity index (χ2v) is 3.53. The molecule has 0 fully saturated rings. The second kappa shape index (κ2) is 4.70. The Labute approximate surface area is 100 Å². The normalized spacial score (nSPS) is 15.0. The topological polar surface area (TPSA) is 38.3 Å². The number of carbonyl (C=O) groups is 1. The van der Waals surface area contributed by atoms with E-state index in [9.17, 15) is 4.79 Å². The summed E-state index contributed by atoms with van der Waals surface area (Å²) >= 11 is 0. The van der Waals surface area contributed by atoms with Gasteiger partial charge in [0, 0.05) is 0 Å². The van der Waals surface area contributed by atoms with Crippen LogP contribution in [0.1, 0.15) is 17.3 Å². The Morgan fingerprint density at radius 3 is 2.82 bits per heavy atom. The van der Waals surface area contributed by atoms with Crippen LogP contribution in [0.25, 0.3) is 0 Å². The van der Waals surface area contributed by atoms with Crippen LogP contribution in [0.2, 0.25) is 0 Å². The van der Waals surface area contributed by atoms with Crippen molar-refractivity contribution < 1.29 is 9.53 Å². The molecular formula is C14H13NO2. The minimum Gasteiger partial charge on any atom is -0.454 e. The summed E-state index contributed by atoms with van der Waals surface area (Å²) in [4.78, 5) is 12.0. The Hall–Kier alpha value is -2.29. The van der Waals surface area contributed by atoms with Crippen LogP contribution in [0.3, 0.4) is 0 Å². The van der Waals surface area contributed by atoms with Gasteiger partial charge in [0.2, 0.25) is 0 Å². The van der Waals surface area contributed by atoms with Crippen molar-refractivity contribution in [3.05, 3.63) is 66.1 Å². The fourth-order valence-electron chi connectivity index (χ4n) is 1.61. The van der Waals surface area contributed by atoms with Crippen LogP contribution in [0.5, 0.6) is 5.75 Å². The summed E-state index contributed by atoms with van der Waals surface area (Å²) in [6.45, 7) is 5.56. The predicted octanol–water partition coefficient (Wildman–Crippen LogP) is 2.78. The molecule has 0 saturated heterocycles. The first-order valence-electron chi connectivity index (χ1n) is 5.34. The van der Waals surface area contributed by atoms with Gasteiger partial charge in [-0.1, -0.05) is 24.8 Å². The molecule has 2 rings (SSSR count). The van der Waals surface area contributed by atoms with Gasteiger partial charge in [0.25, 0.3) is 5.91 Å². The molecule has 0 unspecified atom stereocenters. The summed E-state index contributed by atoms with van der Waals surface area (Å²) in [5.74, 6) is 0.909. The van der Waals surface area contributed by atoms with Crippen molar-refractivity contribution in [2.45, 2.75) is 6.92 Å². The van der Waals surface area contributed by atoms with Crippen molar-refractivity contribution in [3.8, 4) is 5.75 Å². The number of amides is 1. The lowest BCUT2D eigenvalue weighted by Crippen LogP contribution is -2.21. The molecule has 1 aliphatic rings. The van der Waals surface area contributed by atoms with Gasteiger partial charge in [-0.05, 0) is 31.2 Å². The monoisotopic (exact) mass is 227 g/mol. The Kier molecular flexibility index (Phi) is 3.10. The number of fused-ring (bicyclic) bond motifs is 1. The molecule has 1 N–H and O–H groups in total. The number of hydrogen-bond acceptors (Lipinski definition) is 2. The number of para-hydroxylation sites is 1. The zero-order valence-corrected chi connectivity index (χ0v) is 9.57. The number of benzene rings is 1. The third-order valence-electron chi connectivity index (χ3n) is 2.38. The van der Waals surface area contributed by atoms with Crippen LogP contribution in [-0.4, -0.2) is 5.91 Å². The van der Waals surface area contributed by atoms with Crippen molar-refractivity contribution in [1.82, 2.24) is 5.32 Å². The molecule has 1 aliphatic heterocycles. The minimum atomic E-state index is -0.175. The maximum Gasteiger partial charge on any atom is 0.259 e. The summed E-state index contributed by atoms with van der Waals surface area (Å²) < 4.78 is 5.67. The van der Waals surface area contributed by atoms with Gasteiger partial charge in [-0.25, -0.2) is 0 Å². The number of nitrogens with one attached hydrogen (secondary N) is 1. The number of allylic oxidation sites excluding steroid dienone is 3. The minimum absolute atomic E-state index is 0.175. The van der Waals surface area contributed by atoms with Gasteiger partial charge in [-0.2, -0.15) is 0 Å². The quantitative estimate of drug-likeness (QED) is 0.843. The lowest BCUT2D eigenvalue weighted by Gasteiger charge is -2.06. The average Bonchev–Trinajstić information content (AvgIpc) is 2.48. The van der Waals surface area contributed by atoms with E-state index in [0.717, 1.165) is 0 Å². The zero-order valence-electron chi connectivity index (χ0n) is 9.57. The molecule has 3 nitrogen and oxygen atoms in total. The molecule has 1 amide bonds. The van der Waals surface area contributed by atoms with Gasteiger partial charge in [-0.3, -0.25) is 4.79 Å². The van der Waals surface area contributed by atoms with Crippen molar-refractivity contribution in [1.29, 1.82) is 0 Å². The van der Waals surface area contributed by atoms with Gasteiger partial charge in [0.15, 0.2) is 0 Å². The first-order chi connectivity index (χ1) is 8.26. The third kappa shape index (κ3) is 2.13. The molecule has 0 spiro atoms. The highest BCUT2D eigenvalue weighted by Crippen LogP contribution is 2.25. The van der Waals surface area contributed by atoms with Crippen LogP contribution in [0.15, 0.2) is 60.5 Å². The maximum absolute atomic E-state index is 12.0. The molecule has 17 heavy (non-hydrogen) atoms. The predicted molar refractivity (Wildman–Crippen MR) is 66.6 cm³/mol. The highest BCUT2D eigenvalue weighted by atomic mass is 16.5. The molecule has 1 aromatic carbocycles. The molecule has 1 aromatic rings. The smallest absolute Gasteiger partial charge is 0.259 e. The van der Waals surface area contributed by atoms with Crippen LogP contribution in [0.4, 0.5) is 0 Å². The van der Waals surface area contributed by atoms with Crippen molar-refractivity contribution in [2.24, 2.45) is 0 Å². The van der Waals surface area contributed by atoms with Gasteiger partial charge in [0.1, 0.15) is 11.5 Å². The van der Waals surface area contributed by atoms with Crippen molar-refractivity contribution in [2.75, 3.05) is 0 Å². The maximum atomic E-state index is 12.0. The zero-order chi connectivity index (χ0) is 12.3. The molecule has 86 valence electrons. The highest BCUT2D eigenvalue weighted by Gasteiger charge is 2.19. The molecule has 0 radical (unpaired) electrons. The largest absolute Gasteiger partial charge is 0.454 e. The molecular weight excluding hydrogens is 214 g/mol. The first kappa shape index (κ1) is 11.2. The average molecular weight is 227 g/mol. The lowest BCUT2D eigenvalue weighted by atomic mass is 10.2. The number of hydrogen-bond donors (Lipinski definition) is 1. The molecule has 1 heterocycles. The van der Waals surface area contributed by atoms with E-state index in [4.69, 9.17) is 4.74 Å². The molecule has 3 heteroatoms. The van der Waals surface area contributed by atoms with Gasteiger partial charge in [-0.15, -0.1) is 0 Å². The lowest BCUT2D eigenvalue weighted by molar-refractivity contribution is 0.0967. The number of ether oxygens (including phenoxy) is 1. The SMILES string of the molecule is C=CC1=C(/C=C\C)NC(=O)c2ccccc2O1. The standard InChI is InChI=1S/C14H13NO2/c1-3-7-11-12(4-2)17-13-9-6-5-8-10(13)14(16)15-11/h3-9H,2H2,1H3,(H,15,16)/b7-3-. The molecule has 0 atom stereocenters. The summed E-state index contributed by atoms with van der Waals surface area (Å²) in [5, 5.41) is 2.79. The van der Waals surface area contributed by atoms with E-state index in [1.54, 1.807) is 30.4 Å². The molecule has 0 aromatic heterocycles. The van der Waals surface area contributed by atoms with Crippen LogP contribution >= 0.6 is 0 Å². The Morgan fingerprint density at radius 1 is 1.35 bits per heavy atom. The third-order valence-corrected chi connectivity index (χ3v) is 2.38. The van der Waals surface area contributed by atoms with E-state index in [-0.39, 0.29) is 5.91 Å². The summed E-state index contributed by atoms with van der Waals surface area (Å²) in [6, 6.07) is 7.12. The summed E-state index contributed by atoms with van der Waals surface area (Å²) in [6.07, 6.45) is 5.19. The van der Waals surface area contributed by atoms with Crippen LogP contribution < -0.4 is 10.1 Å². The van der Waals surface area contributed by atoms with E-state index in [2.05, 4.69) is 11.9 Å². The van der Waals surface area contributed by atoms with Crippen molar-refractivity contribution >= 4 is 5.91 Å². The fourth-order valence-corrected chi connectivity index (χ4v) is 1.61. The van der Waals surface area contributed by atoms with E-state index in [1.807, 2.05) is 19.1 Å². The van der Waals surface area contributed by atoms with E-state index >= 15 is 0 Å². The van der Waals surface area contributed by atoms with Gasteiger partial charge >= 0.3 is 0 Å². The highest BCUT2D eigenvalue weighted by molar-refractivity contribution is 5.98. The number of rotatable bonds is 2. The van der Waals surface area contributed by atoms with Gasteiger partial charge in [0.05, 0.1) is 11.3 Å². The first-order valence-corrected chi connectivity index (χ1v) is 5.34. The molecule has 0 bridgehead atoms. The summed E-state index contributed by atoms with van der Waals surface area (Å²) in [7, 11) is 0. The van der Waals surface area contributed by atoms with E-state index < -0.39 is 0 Å². The summed E-state index contributed by atoms with van der Waals surface area (Å²) in [5.41, 5.74) is 1.13. The second-order valence-electron chi connectivity index (χ2n) is 3.53. The molecule has 0 saturated carbocycles. The van der Waals surface area contributed by atoms with E-state index in [0.29, 0.717) is 22.8 Å². The Morgan fingerprint density at radius 2 is 2.12 bits per heavy atom. The Bertz CT molecular complexity index is 527. The van der Waals surface area contributed by atoms with Crippen LogP contribution in [-0.2, 0) is 0 Å². The number of carbonyl (C=O) groups excluding carboxylic acids is 1. The molecule has 0 aliphatic carbocycles. The van der Waals surface area contributed by atoms with Crippen LogP contribution in [0, 0.1) is 0 Å². The van der Waals surface area contributed by atoms with E-state index in [1.165, 1.54) is 0 Å². The Balaban J connectivity index is 2.52. The van der Waals surface area contributed by atoms with Gasteiger partial charge < -0.3 is 10.1 Å². The van der Waals surface area contributed by atoms with Crippen molar-refractivity contribution in [3.63, 3.8) is 0 Å².